The Morgan fingerprint density at radius 2 is 2.31 bits per heavy atom. The molecule has 0 aromatic heterocycles. The van der Waals surface area contributed by atoms with Gasteiger partial charge in [0.2, 0.25) is 5.91 Å². The topological polar surface area (TPSA) is 84.7 Å². The highest BCUT2D eigenvalue weighted by molar-refractivity contribution is 5.82. The Morgan fingerprint density at radius 1 is 1.62 bits per heavy atom. The summed E-state index contributed by atoms with van der Waals surface area (Å²) in [5, 5.41) is 2.67. The molecule has 16 heavy (non-hydrogen) atoms. The van der Waals surface area contributed by atoms with Crippen molar-refractivity contribution in [2.45, 2.75) is 31.8 Å². The number of alkyl carbamates (subject to hydrolysis) is 1. The van der Waals surface area contributed by atoms with Crippen LogP contribution in [-0.2, 0) is 9.53 Å². The second-order valence-corrected chi connectivity index (χ2v) is 3.92. The normalized spacial score (nSPS) is 21.7. The van der Waals surface area contributed by atoms with E-state index in [1.54, 1.807) is 4.90 Å². The first kappa shape index (κ1) is 12.8. The van der Waals surface area contributed by atoms with Gasteiger partial charge in [0.05, 0.1) is 19.2 Å². The predicted molar refractivity (Wildman–Crippen MR) is 58.8 cm³/mol. The molecule has 1 fully saturated rings. The van der Waals surface area contributed by atoms with Gasteiger partial charge in [-0.05, 0) is 12.8 Å². The van der Waals surface area contributed by atoms with Crippen LogP contribution in [0, 0.1) is 0 Å². The number of nitrogens with one attached hydrogen (secondary N) is 1. The Balaban J connectivity index is 2.40. The molecule has 0 spiro atoms. The van der Waals surface area contributed by atoms with Crippen molar-refractivity contribution < 1.29 is 14.3 Å². The molecule has 1 aliphatic rings. The van der Waals surface area contributed by atoms with Crippen LogP contribution in [0.25, 0.3) is 0 Å². The lowest BCUT2D eigenvalue weighted by Gasteiger charge is -2.20. The quantitative estimate of drug-likeness (QED) is 0.694. The van der Waals surface area contributed by atoms with Gasteiger partial charge in [-0.2, -0.15) is 0 Å². The van der Waals surface area contributed by atoms with E-state index in [1.807, 2.05) is 6.92 Å². The summed E-state index contributed by atoms with van der Waals surface area (Å²) in [6.07, 6.45) is 0.918. The van der Waals surface area contributed by atoms with E-state index in [4.69, 9.17) is 5.73 Å². The maximum Gasteiger partial charge on any atom is 0.407 e. The Morgan fingerprint density at radius 3 is 2.88 bits per heavy atom. The summed E-state index contributed by atoms with van der Waals surface area (Å²) < 4.78 is 4.50. The summed E-state index contributed by atoms with van der Waals surface area (Å²) in [6, 6.07) is -0.461. The fourth-order valence-electron chi connectivity index (χ4n) is 1.71. The highest BCUT2D eigenvalue weighted by Crippen LogP contribution is 2.11. The zero-order valence-corrected chi connectivity index (χ0v) is 9.73. The molecule has 2 unspecified atom stereocenters. The minimum Gasteiger partial charge on any atom is -0.453 e. The molecule has 0 aromatic rings. The number of nitrogens with two attached hydrogens (primary N) is 1. The van der Waals surface area contributed by atoms with Crippen molar-refractivity contribution in [3.05, 3.63) is 0 Å². The van der Waals surface area contributed by atoms with Crippen LogP contribution < -0.4 is 11.1 Å². The number of ether oxygens (including phenoxy) is 1. The molecule has 0 saturated carbocycles. The summed E-state index contributed by atoms with van der Waals surface area (Å²) >= 11 is 0. The number of carbonyl (C=O) groups excluding carboxylic acids is 2. The molecular weight excluding hydrogens is 210 g/mol. The van der Waals surface area contributed by atoms with Gasteiger partial charge < -0.3 is 20.7 Å². The minimum absolute atomic E-state index is 0.0274. The van der Waals surface area contributed by atoms with E-state index < -0.39 is 12.1 Å². The highest BCUT2D eigenvalue weighted by atomic mass is 16.5. The van der Waals surface area contributed by atoms with Crippen molar-refractivity contribution in [1.82, 2.24) is 10.2 Å². The standard InChI is InChI=1S/C10H19N3O3/c1-3-8(11)9(14)13-5-4-7(6-13)12-10(15)16-2/h7-8H,3-6,11H2,1-2H3,(H,12,15). The Kier molecular flexibility index (Phi) is 4.54. The highest BCUT2D eigenvalue weighted by Gasteiger charge is 2.29. The van der Waals surface area contributed by atoms with Crippen LogP contribution in [0.15, 0.2) is 0 Å². The van der Waals surface area contributed by atoms with E-state index in [9.17, 15) is 9.59 Å². The predicted octanol–water partition coefficient (Wildman–Crippen LogP) is -0.319. The summed E-state index contributed by atoms with van der Waals surface area (Å²) in [6.45, 7) is 3.03. The number of carbonyl (C=O) groups is 2. The van der Waals surface area contributed by atoms with Crippen molar-refractivity contribution >= 4 is 12.0 Å². The van der Waals surface area contributed by atoms with Crippen LogP contribution in [0.5, 0.6) is 0 Å². The van der Waals surface area contributed by atoms with Gasteiger partial charge in [-0.3, -0.25) is 4.79 Å². The van der Waals surface area contributed by atoms with E-state index in [1.165, 1.54) is 7.11 Å². The lowest BCUT2D eigenvalue weighted by Crippen LogP contribution is -2.44. The number of likely N-dealkylation sites (tertiary alicyclic amines) is 1. The molecule has 0 bridgehead atoms. The number of nitrogens with zero attached hydrogens (tertiary/aromatic N) is 1. The van der Waals surface area contributed by atoms with Gasteiger partial charge in [0.1, 0.15) is 0 Å². The molecule has 3 N–H and O–H groups in total. The van der Waals surface area contributed by atoms with Crippen LogP contribution >= 0.6 is 0 Å². The van der Waals surface area contributed by atoms with Crippen LogP contribution in [0.1, 0.15) is 19.8 Å². The van der Waals surface area contributed by atoms with Crippen LogP contribution in [0.3, 0.4) is 0 Å². The minimum atomic E-state index is -0.459. The molecule has 0 aliphatic carbocycles. The van der Waals surface area contributed by atoms with Gasteiger partial charge in [0.25, 0.3) is 0 Å². The van der Waals surface area contributed by atoms with Crippen molar-refractivity contribution in [3.63, 3.8) is 0 Å². The van der Waals surface area contributed by atoms with Gasteiger partial charge in [-0.1, -0.05) is 6.92 Å². The molecule has 92 valence electrons. The first-order chi connectivity index (χ1) is 7.58. The van der Waals surface area contributed by atoms with Gasteiger partial charge in [0, 0.05) is 13.1 Å². The van der Waals surface area contributed by atoms with Crippen molar-refractivity contribution in [1.29, 1.82) is 0 Å². The van der Waals surface area contributed by atoms with E-state index in [0.717, 1.165) is 6.42 Å². The van der Waals surface area contributed by atoms with Crippen molar-refractivity contribution in [2.75, 3.05) is 20.2 Å². The molecular formula is C10H19N3O3. The third-order valence-electron chi connectivity index (χ3n) is 2.76. The zero-order valence-electron chi connectivity index (χ0n) is 9.73. The van der Waals surface area contributed by atoms with E-state index in [0.29, 0.717) is 19.5 Å². The fraction of sp³-hybridized carbons (Fsp3) is 0.800. The summed E-state index contributed by atoms with van der Waals surface area (Å²) in [5.74, 6) is -0.0448. The average Bonchev–Trinajstić information content (AvgIpc) is 2.75. The monoisotopic (exact) mass is 229 g/mol. The molecule has 2 atom stereocenters. The molecule has 1 rings (SSSR count). The first-order valence-electron chi connectivity index (χ1n) is 5.47. The van der Waals surface area contributed by atoms with Gasteiger partial charge >= 0.3 is 6.09 Å². The lowest BCUT2D eigenvalue weighted by molar-refractivity contribution is -0.131. The third-order valence-corrected chi connectivity index (χ3v) is 2.76. The number of rotatable bonds is 3. The second-order valence-electron chi connectivity index (χ2n) is 3.92. The molecule has 0 radical (unpaired) electrons. The molecule has 6 heteroatoms. The van der Waals surface area contributed by atoms with Gasteiger partial charge in [-0.25, -0.2) is 4.79 Å². The maximum absolute atomic E-state index is 11.7. The SMILES string of the molecule is CCC(N)C(=O)N1CCC(NC(=O)OC)C1. The Labute approximate surface area is 95.1 Å². The smallest absolute Gasteiger partial charge is 0.407 e. The average molecular weight is 229 g/mol. The lowest BCUT2D eigenvalue weighted by atomic mass is 10.2. The zero-order chi connectivity index (χ0) is 12.1. The Hall–Kier alpha value is -1.30. The molecule has 1 heterocycles. The summed E-state index contributed by atoms with van der Waals surface area (Å²) in [7, 11) is 1.32. The van der Waals surface area contributed by atoms with E-state index >= 15 is 0 Å². The summed E-state index contributed by atoms with van der Waals surface area (Å²) in [4.78, 5) is 24.4. The van der Waals surface area contributed by atoms with Gasteiger partial charge in [0.15, 0.2) is 0 Å². The Bertz CT molecular complexity index is 270. The second kappa shape index (κ2) is 5.69. The first-order valence-corrected chi connectivity index (χ1v) is 5.47. The third kappa shape index (κ3) is 3.10. The molecule has 0 aromatic carbocycles. The van der Waals surface area contributed by atoms with Crippen LogP contribution in [-0.4, -0.2) is 49.2 Å². The maximum atomic E-state index is 11.7. The van der Waals surface area contributed by atoms with Crippen LogP contribution in [0.4, 0.5) is 4.79 Å². The molecule has 1 aliphatic heterocycles. The van der Waals surface area contributed by atoms with Crippen molar-refractivity contribution in [2.24, 2.45) is 5.73 Å². The van der Waals surface area contributed by atoms with Gasteiger partial charge in [-0.15, -0.1) is 0 Å². The van der Waals surface area contributed by atoms with Crippen LogP contribution in [0.2, 0.25) is 0 Å². The molecule has 6 nitrogen and oxygen atoms in total. The number of hydrogen-bond donors (Lipinski definition) is 2. The summed E-state index contributed by atoms with van der Waals surface area (Å²) in [5.41, 5.74) is 5.67. The number of hydrogen-bond acceptors (Lipinski definition) is 4. The van der Waals surface area contributed by atoms with E-state index in [2.05, 4.69) is 10.1 Å². The fourth-order valence-corrected chi connectivity index (χ4v) is 1.71. The molecule has 2 amide bonds. The molecule has 1 saturated heterocycles. The largest absolute Gasteiger partial charge is 0.453 e. The number of amides is 2. The van der Waals surface area contributed by atoms with Crippen molar-refractivity contribution in [3.8, 4) is 0 Å². The number of methoxy groups -OCH3 is 1. The van der Waals surface area contributed by atoms with E-state index in [-0.39, 0.29) is 11.9 Å².